The molecule has 0 amide bonds. The third kappa shape index (κ3) is 3.11. The largest absolute Gasteiger partial charge is 0.465 e. The first-order chi connectivity index (χ1) is 7.34. The van der Waals surface area contributed by atoms with Gasteiger partial charge in [-0.25, -0.2) is 0 Å². The van der Waals surface area contributed by atoms with E-state index in [4.69, 9.17) is 4.42 Å². The van der Waals surface area contributed by atoms with Gasteiger partial charge in [-0.2, -0.15) is 0 Å². The van der Waals surface area contributed by atoms with E-state index in [0.717, 1.165) is 36.9 Å². The molecule has 0 atom stereocenters. The second-order valence-corrected chi connectivity index (χ2v) is 4.00. The smallest absolute Gasteiger partial charge is 0.123 e. The quantitative estimate of drug-likeness (QED) is 0.807. The highest BCUT2D eigenvalue weighted by Gasteiger charge is 2.04. The molecule has 0 saturated carbocycles. The second kappa shape index (κ2) is 5.01. The molecule has 0 aliphatic carbocycles. The van der Waals surface area contributed by atoms with Gasteiger partial charge >= 0.3 is 0 Å². The van der Waals surface area contributed by atoms with Gasteiger partial charge in [0.05, 0.1) is 12.4 Å². The molecule has 1 aliphatic heterocycles. The highest BCUT2D eigenvalue weighted by molar-refractivity contribution is 5.82. The molecule has 3 heteroatoms. The summed E-state index contributed by atoms with van der Waals surface area (Å²) in [6.45, 7) is 3.69. The van der Waals surface area contributed by atoms with Crippen LogP contribution in [-0.2, 0) is 6.54 Å². The fourth-order valence-electron chi connectivity index (χ4n) is 1.79. The molecule has 0 fully saturated rings. The first-order valence-electron chi connectivity index (χ1n) is 5.67. The van der Waals surface area contributed by atoms with Gasteiger partial charge in [0.2, 0.25) is 0 Å². The van der Waals surface area contributed by atoms with Crippen molar-refractivity contribution in [2.24, 2.45) is 4.99 Å². The van der Waals surface area contributed by atoms with Gasteiger partial charge in [0.25, 0.3) is 0 Å². The lowest BCUT2D eigenvalue weighted by atomic mass is 10.2. The summed E-state index contributed by atoms with van der Waals surface area (Å²) in [5, 5.41) is 3.35. The van der Waals surface area contributed by atoms with Gasteiger partial charge in [0, 0.05) is 13.0 Å². The molecule has 2 rings (SSSR count). The molecule has 1 aromatic heterocycles. The number of hydrogen-bond acceptors (Lipinski definition) is 3. The number of furan rings is 1. The first-order valence-corrected chi connectivity index (χ1v) is 5.67. The van der Waals surface area contributed by atoms with E-state index in [1.54, 1.807) is 0 Å². The Bertz CT molecular complexity index is 341. The summed E-state index contributed by atoms with van der Waals surface area (Å²) in [5.74, 6) is 3.09. The zero-order chi connectivity index (χ0) is 10.5. The molecule has 0 aromatic carbocycles. The van der Waals surface area contributed by atoms with E-state index in [1.165, 1.54) is 19.3 Å². The van der Waals surface area contributed by atoms with Gasteiger partial charge < -0.3 is 9.73 Å². The van der Waals surface area contributed by atoms with Crippen LogP contribution in [0.3, 0.4) is 0 Å². The highest BCUT2D eigenvalue weighted by Crippen LogP contribution is 2.08. The van der Waals surface area contributed by atoms with Crippen LogP contribution in [0.4, 0.5) is 0 Å². The van der Waals surface area contributed by atoms with Crippen LogP contribution in [0.25, 0.3) is 0 Å². The van der Waals surface area contributed by atoms with Crippen molar-refractivity contribution in [3.05, 3.63) is 23.7 Å². The summed E-state index contributed by atoms with van der Waals surface area (Å²) < 4.78 is 5.49. The van der Waals surface area contributed by atoms with E-state index in [-0.39, 0.29) is 0 Å². The molecule has 1 aliphatic rings. The maximum Gasteiger partial charge on any atom is 0.123 e. The molecule has 2 heterocycles. The molecule has 3 nitrogen and oxygen atoms in total. The van der Waals surface area contributed by atoms with Crippen LogP contribution in [0.1, 0.15) is 37.2 Å². The highest BCUT2D eigenvalue weighted by atomic mass is 16.3. The predicted octanol–water partition coefficient (Wildman–Crippen LogP) is 2.65. The Kier molecular flexibility index (Phi) is 3.43. The summed E-state index contributed by atoms with van der Waals surface area (Å²) in [4.78, 5) is 4.51. The first kappa shape index (κ1) is 10.3. The SMILES string of the molecule is Cc1ccc(CNC2=NCCCCC2)o1. The Hall–Kier alpha value is -1.25. The van der Waals surface area contributed by atoms with Crippen LogP contribution in [0.15, 0.2) is 21.5 Å². The zero-order valence-electron chi connectivity index (χ0n) is 9.25. The van der Waals surface area contributed by atoms with Crippen LogP contribution >= 0.6 is 0 Å². The molecule has 15 heavy (non-hydrogen) atoms. The van der Waals surface area contributed by atoms with E-state index in [0.29, 0.717) is 0 Å². The van der Waals surface area contributed by atoms with Crippen LogP contribution in [0, 0.1) is 6.92 Å². The third-order valence-corrected chi connectivity index (χ3v) is 2.64. The normalized spacial score (nSPS) is 17.0. The maximum absolute atomic E-state index is 5.49. The molecule has 0 spiro atoms. The Balaban J connectivity index is 1.84. The van der Waals surface area contributed by atoms with Gasteiger partial charge in [-0.1, -0.05) is 6.42 Å². The molecule has 1 N–H and O–H groups in total. The molecule has 82 valence electrons. The number of nitrogens with zero attached hydrogens (tertiary/aromatic N) is 1. The molecule has 0 bridgehead atoms. The third-order valence-electron chi connectivity index (χ3n) is 2.64. The van der Waals surface area contributed by atoms with Crippen molar-refractivity contribution in [1.82, 2.24) is 5.32 Å². The Morgan fingerprint density at radius 3 is 3.07 bits per heavy atom. The van der Waals surface area contributed by atoms with Crippen LogP contribution in [0.2, 0.25) is 0 Å². The van der Waals surface area contributed by atoms with E-state index in [2.05, 4.69) is 10.3 Å². The van der Waals surface area contributed by atoms with Gasteiger partial charge in [0.15, 0.2) is 0 Å². The Morgan fingerprint density at radius 1 is 1.33 bits per heavy atom. The maximum atomic E-state index is 5.49. The van der Waals surface area contributed by atoms with Crippen molar-refractivity contribution < 1.29 is 4.42 Å². The minimum atomic E-state index is 0.757. The predicted molar refractivity (Wildman–Crippen MR) is 61.1 cm³/mol. The van der Waals surface area contributed by atoms with E-state index >= 15 is 0 Å². The number of amidine groups is 1. The zero-order valence-corrected chi connectivity index (χ0v) is 9.25. The topological polar surface area (TPSA) is 37.5 Å². The van der Waals surface area contributed by atoms with E-state index in [9.17, 15) is 0 Å². The van der Waals surface area contributed by atoms with Crippen molar-refractivity contribution >= 4 is 5.84 Å². The summed E-state index contributed by atoms with van der Waals surface area (Å²) in [5.41, 5.74) is 0. The average Bonchev–Trinajstić information content (AvgIpc) is 2.52. The minimum absolute atomic E-state index is 0.757. The van der Waals surface area contributed by atoms with Crippen molar-refractivity contribution in [2.45, 2.75) is 39.2 Å². The van der Waals surface area contributed by atoms with Gasteiger partial charge in [0.1, 0.15) is 11.5 Å². The van der Waals surface area contributed by atoms with Gasteiger partial charge in [-0.15, -0.1) is 0 Å². The lowest BCUT2D eigenvalue weighted by molar-refractivity contribution is 0.477. The Labute approximate surface area is 90.6 Å². The summed E-state index contributed by atoms with van der Waals surface area (Å²) in [7, 11) is 0. The number of rotatable bonds is 2. The molecule has 0 radical (unpaired) electrons. The van der Waals surface area contributed by atoms with Crippen molar-refractivity contribution in [1.29, 1.82) is 0 Å². The molecule has 0 saturated heterocycles. The fraction of sp³-hybridized carbons (Fsp3) is 0.583. The monoisotopic (exact) mass is 206 g/mol. The summed E-state index contributed by atoms with van der Waals surface area (Å²) >= 11 is 0. The Morgan fingerprint density at radius 2 is 2.27 bits per heavy atom. The number of hydrogen-bond donors (Lipinski definition) is 1. The van der Waals surface area contributed by atoms with Crippen LogP contribution in [-0.4, -0.2) is 12.4 Å². The molecular formula is C12H18N2O. The van der Waals surface area contributed by atoms with Gasteiger partial charge in [-0.05, 0) is 31.9 Å². The summed E-state index contributed by atoms with van der Waals surface area (Å²) in [6, 6.07) is 4.01. The van der Waals surface area contributed by atoms with Crippen LogP contribution < -0.4 is 5.32 Å². The lowest BCUT2D eigenvalue weighted by Crippen LogP contribution is -2.22. The molecule has 1 aromatic rings. The number of aliphatic imine (C=N–C) groups is 1. The lowest BCUT2D eigenvalue weighted by Gasteiger charge is -2.05. The fourth-order valence-corrected chi connectivity index (χ4v) is 1.79. The summed E-state index contributed by atoms with van der Waals surface area (Å²) in [6.07, 6.45) is 4.86. The van der Waals surface area contributed by atoms with Crippen molar-refractivity contribution in [3.63, 3.8) is 0 Å². The van der Waals surface area contributed by atoms with Crippen LogP contribution in [0.5, 0.6) is 0 Å². The van der Waals surface area contributed by atoms with Gasteiger partial charge in [-0.3, -0.25) is 4.99 Å². The number of nitrogens with one attached hydrogen (secondary N) is 1. The number of aryl methyl sites for hydroxylation is 1. The molecular weight excluding hydrogens is 188 g/mol. The van der Waals surface area contributed by atoms with E-state index in [1.807, 2.05) is 19.1 Å². The van der Waals surface area contributed by atoms with Crippen molar-refractivity contribution in [3.8, 4) is 0 Å². The second-order valence-electron chi connectivity index (χ2n) is 4.00. The average molecular weight is 206 g/mol. The van der Waals surface area contributed by atoms with Crippen molar-refractivity contribution in [2.75, 3.05) is 6.54 Å². The molecule has 0 unspecified atom stereocenters. The van der Waals surface area contributed by atoms with E-state index < -0.39 is 0 Å². The standard InChI is InChI=1S/C12H18N2O/c1-10-6-7-11(15-10)9-14-12-5-3-2-4-8-13-12/h6-7H,2-5,8-9H2,1H3,(H,13,14). The minimum Gasteiger partial charge on any atom is -0.465 e.